The molecule has 2 rings (SSSR count). The van der Waals surface area contributed by atoms with Gasteiger partial charge in [0, 0.05) is 9.79 Å². The fourth-order valence-electron chi connectivity index (χ4n) is 0.973. The zero-order valence-electron chi connectivity index (χ0n) is 5.16. The molecule has 1 aliphatic carbocycles. The molecule has 1 atom stereocenters. The van der Waals surface area contributed by atoms with E-state index in [9.17, 15) is 0 Å². The van der Waals surface area contributed by atoms with E-state index in [1.54, 1.807) is 0 Å². The van der Waals surface area contributed by atoms with Crippen LogP contribution in [0.3, 0.4) is 0 Å². The van der Waals surface area contributed by atoms with Gasteiger partial charge in [0.2, 0.25) is 0 Å². The molecule has 0 fully saturated rings. The van der Waals surface area contributed by atoms with Gasteiger partial charge >= 0.3 is 0 Å². The first-order valence-corrected chi connectivity index (χ1v) is 4.10. The maximum atomic E-state index is 3.96. The van der Waals surface area contributed by atoms with Crippen molar-refractivity contribution in [3.05, 3.63) is 21.8 Å². The summed E-state index contributed by atoms with van der Waals surface area (Å²) in [6.45, 7) is 0. The molecule has 2 nitrogen and oxygen atoms in total. The van der Waals surface area contributed by atoms with E-state index in [-0.39, 0.29) is 0 Å². The fraction of sp³-hybridized carbons (Fsp3) is 0.143. The summed E-state index contributed by atoms with van der Waals surface area (Å²) < 4.78 is 1.22. The SMILES string of the molecule is IC1=CC2=NN=C[C@H]2C=C1. The Bertz CT molecular complexity index is 273. The Balaban J connectivity index is 2.39. The van der Waals surface area contributed by atoms with Gasteiger partial charge in [0.05, 0.1) is 11.6 Å². The Hall–Kier alpha value is -0.450. The molecule has 0 amide bonds. The molecule has 0 saturated heterocycles. The molecule has 3 heteroatoms. The first-order chi connectivity index (χ1) is 4.86. The Kier molecular flexibility index (Phi) is 1.44. The van der Waals surface area contributed by atoms with E-state index in [0.717, 1.165) is 5.71 Å². The van der Waals surface area contributed by atoms with Gasteiger partial charge in [-0.1, -0.05) is 12.2 Å². The highest BCUT2D eigenvalue weighted by molar-refractivity contribution is 14.1. The van der Waals surface area contributed by atoms with E-state index in [1.165, 1.54) is 3.58 Å². The molecule has 0 aromatic rings. The topological polar surface area (TPSA) is 24.7 Å². The van der Waals surface area contributed by atoms with E-state index < -0.39 is 0 Å². The average molecular weight is 244 g/mol. The summed E-state index contributed by atoms with van der Waals surface area (Å²) in [6.07, 6.45) is 8.10. The highest BCUT2D eigenvalue weighted by Crippen LogP contribution is 2.20. The average Bonchev–Trinajstić information content (AvgIpc) is 2.33. The van der Waals surface area contributed by atoms with Crippen molar-refractivity contribution in [3.63, 3.8) is 0 Å². The monoisotopic (exact) mass is 244 g/mol. The molecule has 0 saturated carbocycles. The van der Waals surface area contributed by atoms with E-state index in [2.05, 4.69) is 51.0 Å². The number of halogens is 1. The van der Waals surface area contributed by atoms with Crippen LogP contribution < -0.4 is 0 Å². The van der Waals surface area contributed by atoms with Crippen LogP contribution in [0.4, 0.5) is 0 Å². The van der Waals surface area contributed by atoms with Crippen LogP contribution in [-0.4, -0.2) is 11.9 Å². The van der Waals surface area contributed by atoms with Gasteiger partial charge in [-0.05, 0) is 28.7 Å². The molecule has 0 aromatic carbocycles. The zero-order chi connectivity index (χ0) is 6.97. The van der Waals surface area contributed by atoms with Crippen LogP contribution in [0.5, 0.6) is 0 Å². The first kappa shape index (κ1) is 6.27. The molecule has 10 heavy (non-hydrogen) atoms. The smallest absolute Gasteiger partial charge is 0.0763 e. The highest BCUT2D eigenvalue weighted by Gasteiger charge is 2.16. The highest BCUT2D eigenvalue weighted by atomic mass is 127. The van der Waals surface area contributed by atoms with Gasteiger partial charge < -0.3 is 0 Å². The van der Waals surface area contributed by atoms with Crippen LogP contribution in [0.15, 0.2) is 32.0 Å². The maximum absolute atomic E-state index is 3.96. The van der Waals surface area contributed by atoms with E-state index in [4.69, 9.17) is 0 Å². The van der Waals surface area contributed by atoms with Crippen LogP contribution in [0.25, 0.3) is 0 Å². The van der Waals surface area contributed by atoms with Gasteiger partial charge in [-0.3, -0.25) is 0 Å². The number of hydrogen-bond acceptors (Lipinski definition) is 2. The summed E-state index contributed by atoms with van der Waals surface area (Å²) >= 11 is 2.27. The lowest BCUT2D eigenvalue weighted by Gasteiger charge is -2.05. The molecular formula is C7H5IN2. The lowest BCUT2D eigenvalue weighted by atomic mass is 10.0. The molecule has 0 spiro atoms. The number of rotatable bonds is 0. The summed E-state index contributed by atoms with van der Waals surface area (Å²) in [5.41, 5.74) is 1.06. The molecule has 0 bridgehead atoms. The van der Waals surface area contributed by atoms with Crippen molar-refractivity contribution in [1.29, 1.82) is 0 Å². The third-order valence-corrected chi connectivity index (χ3v) is 2.16. The van der Waals surface area contributed by atoms with Gasteiger partial charge in [0.25, 0.3) is 0 Å². The number of allylic oxidation sites excluding steroid dienone is 4. The Morgan fingerprint density at radius 2 is 2.40 bits per heavy atom. The summed E-state index contributed by atoms with van der Waals surface area (Å²) in [6, 6.07) is 0. The minimum Gasteiger partial charge on any atom is -0.162 e. The van der Waals surface area contributed by atoms with Gasteiger partial charge in [-0.2, -0.15) is 10.2 Å². The van der Waals surface area contributed by atoms with Crippen LogP contribution in [0.1, 0.15) is 0 Å². The van der Waals surface area contributed by atoms with Crippen molar-refractivity contribution in [2.24, 2.45) is 16.1 Å². The predicted octanol–water partition coefficient (Wildman–Crippen LogP) is 1.93. The fourth-order valence-corrected chi connectivity index (χ4v) is 1.50. The summed E-state index contributed by atoms with van der Waals surface area (Å²) in [4.78, 5) is 0. The third kappa shape index (κ3) is 0.941. The molecule has 0 N–H and O–H groups in total. The molecule has 0 aromatic heterocycles. The molecule has 0 unspecified atom stereocenters. The normalized spacial score (nSPS) is 27.9. The van der Waals surface area contributed by atoms with E-state index in [1.807, 2.05) is 6.21 Å². The Morgan fingerprint density at radius 3 is 3.30 bits per heavy atom. The summed E-state index contributed by atoms with van der Waals surface area (Å²) in [5, 5.41) is 7.79. The van der Waals surface area contributed by atoms with Crippen LogP contribution >= 0.6 is 22.6 Å². The molecule has 50 valence electrons. The second kappa shape index (κ2) is 2.30. The second-order valence-electron chi connectivity index (χ2n) is 2.20. The largest absolute Gasteiger partial charge is 0.162 e. The van der Waals surface area contributed by atoms with E-state index >= 15 is 0 Å². The lowest BCUT2D eigenvalue weighted by Crippen LogP contribution is -2.09. The van der Waals surface area contributed by atoms with Crippen molar-refractivity contribution >= 4 is 34.5 Å². The molecule has 2 aliphatic rings. The number of fused-ring (bicyclic) bond motifs is 1. The van der Waals surface area contributed by atoms with Gasteiger partial charge in [0.1, 0.15) is 0 Å². The van der Waals surface area contributed by atoms with Crippen molar-refractivity contribution in [3.8, 4) is 0 Å². The minimum atomic E-state index is 0.346. The minimum absolute atomic E-state index is 0.346. The molecule has 1 heterocycles. The maximum Gasteiger partial charge on any atom is 0.0763 e. The van der Waals surface area contributed by atoms with Crippen molar-refractivity contribution < 1.29 is 0 Å². The van der Waals surface area contributed by atoms with Crippen molar-refractivity contribution in [2.75, 3.05) is 0 Å². The quantitative estimate of drug-likeness (QED) is 0.581. The van der Waals surface area contributed by atoms with Crippen LogP contribution in [0, 0.1) is 5.92 Å². The summed E-state index contributed by atoms with van der Waals surface area (Å²) in [5.74, 6) is 0.346. The lowest BCUT2D eigenvalue weighted by molar-refractivity contribution is 1.26. The van der Waals surface area contributed by atoms with Crippen molar-refractivity contribution in [2.45, 2.75) is 0 Å². The number of hydrogen-bond donors (Lipinski definition) is 0. The zero-order valence-corrected chi connectivity index (χ0v) is 7.32. The van der Waals surface area contributed by atoms with Gasteiger partial charge in [-0.25, -0.2) is 0 Å². The Morgan fingerprint density at radius 1 is 1.50 bits per heavy atom. The second-order valence-corrected chi connectivity index (χ2v) is 3.45. The molecule has 0 radical (unpaired) electrons. The first-order valence-electron chi connectivity index (χ1n) is 3.03. The van der Waals surface area contributed by atoms with Crippen molar-refractivity contribution in [1.82, 2.24) is 0 Å². The predicted molar refractivity (Wildman–Crippen MR) is 50.7 cm³/mol. The van der Waals surface area contributed by atoms with Gasteiger partial charge in [-0.15, -0.1) is 0 Å². The summed E-state index contributed by atoms with van der Waals surface area (Å²) in [7, 11) is 0. The van der Waals surface area contributed by atoms with Gasteiger partial charge in [0.15, 0.2) is 0 Å². The van der Waals surface area contributed by atoms with Crippen LogP contribution in [0.2, 0.25) is 0 Å². The van der Waals surface area contributed by atoms with Crippen LogP contribution in [-0.2, 0) is 0 Å². The standard InChI is InChI=1S/C7H5IN2/c8-6-2-1-5-4-9-10-7(5)3-6/h1-5H/t5-/m1/s1. The Labute approximate surface area is 72.6 Å². The molecular weight excluding hydrogens is 239 g/mol. The van der Waals surface area contributed by atoms with E-state index in [0.29, 0.717) is 5.92 Å². The third-order valence-electron chi connectivity index (χ3n) is 1.49. The number of nitrogens with zero attached hydrogens (tertiary/aromatic N) is 2. The molecule has 1 aliphatic heterocycles.